The number of rotatable bonds is 13. The van der Waals surface area contributed by atoms with E-state index in [1.165, 1.54) is 37.7 Å². The number of nitrogens with two attached hydrogens (primary N) is 1. The Morgan fingerprint density at radius 1 is 1.16 bits per heavy atom. The van der Waals surface area contributed by atoms with Crippen LogP contribution in [0.5, 0.6) is 0 Å². The number of carbonyl (C=O) groups excluding carboxylic acids is 1. The summed E-state index contributed by atoms with van der Waals surface area (Å²) in [4.78, 5) is 29.3. The Labute approximate surface area is 150 Å². The lowest BCUT2D eigenvalue weighted by Crippen LogP contribution is -2.36. The van der Waals surface area contributed by atoms with Gasteiger partial charge in [-0.3, -0.25) is 9.32 Å². The van der Waals surface area contributed by atoms with Crippen molar-refractivity contribution in [1.29, 1.82) is 0 Å². The van der Waals surface area contributed by atoms with Gasteiger partial charge in [-0.25, -0.2) is 4.57 Å². The maximum absolute atomic E-state index is 12.0. The van der Waals surface area contributed by atoms with Crippen LogP contribution in [0.1, 0.15) is 56.6 Å². The summed E-state index contributed by atoms with van der Waals surface area (Å²) in [5, 5.41) is 0. The van der Waals surface area contributed by atoms with Gasteiger partial charge in [0.15, 0.2) is 5.78 Å². The second-order valence-corrected chi connectivity index (χ2v) is 7.61. The Hall–Kier alpha value is -1.04. The van der Waals surface area contributed by atoms with Crippen LogP contribution in [-0.4, -0.2) is 28.2 Å². The summed E-state index contributed by atoms with van der Waals surface area (Å²) in [6, 6.07) is 6.79. The molecular weight excluding hydrogens is 341 g/mol. The zero-order valence-corrected chi connectivity index (χ0v) is 15.8. The van der Waals surface area contributed by atoms with Gasteiger partial charge in [0.2, 0.25) is 0 Å². The molecule has 1 atom stereocenters. The number of benzene rings is 1. The van der Waals surface area contributed by atoms with Crippen LogP contribution < -0.4 is 5.73 Å². The summed E-state index contributed by atoms with van der Waals surface area (Å²) in [7, 11) is -4.60. The van der Waals surface area contributed by atoms with Gasteiger partial charge in [-0.15, -0.1) is 0 Å². The quantitative estimate of drug-likeness (QED) is 0.363. The van der Waals surface area contributed by atoms with Crippen molar-refractivity contribution in [3.8, 4) is 0 Å². The summed E-state index contributed by atoms with van der Waals surface area (Å²) < 4.78 is 14.9. The van der Waals surface area contributed by atoms with Crippen LogP contribution in [-0.2, 0) is 26.7 Å². The Kier molecular flexibility index (Phi) is 10.2. The van der Waals surface area contributed by atoms with E-state index in [1.54, 1.807) is 0 Å². The highest BCUT2D eigenvalue weighted by Crippen LogP contribution is 2.35. The molecule has 142 valence electrons. The lowest BCUT2D eigenvalue weighted by molar-refractivity contribution is -0.120. The largest absolute Gasteiger partial charge is 0.469 e. The van der Waals surface area contributed by atoms with Crippen LogP contribution in [0.2, 0.25) is 0 Å². The summed E-state index contributed by atoms with van der Waals surface area (Å²) in [5.74, 6) is -0.301. The Balaban J connectivity index is 2.41. The van der Waals surface area contributed by atoms with E-state index in [2.05, 4.69) is 17.5 Å². The smallest absolute Gasteiger partial charge is 0.320 e. The molecule has 6 nitrogen and oxygen atoms in total. The first-order valence-corrected chi connectivity index (χ1v) is 10.4. The van der Waals surface area contributed by atoms with E-state index < -0.39 is 20.5 Å². The van der Waals surface area contributed by atoms with Crippen molar-refractivity contribution in [2.45, 2.75) is 64.3 Å². The molecule has 0 aliphatic rings. The number of unbranched alkanes of at least 4 members (excludes halogenated alkanes) is 5. The maximum atomic E-state index is 12.0. The minimum absolute atomic E-state index is 0.135. The first-order chi connectivity index (χ1) is 11.8. The average Bonchev–Trinajstić information content (AvgIpc) is 2.55. The van der Waals surface area contributed by atoms with E-state index >= 15 is 0 Å². The van der Waals surface area contributed by atoms with Gasteiger partial charge in [-0.1, -0.05) is 63.3 Å². The highest BCUT2D eigenvalue weighted by Gasteiger charge is 2.20. The number of ketones is 1. The third kappa shape index (κ3) is 10.5. The number of hydrogen-bond donors (Lipinski definition) is 3. The molecule has 1 unspecified atom stereocenters. The zero-order chi connectivity index (χ0) is 18.7. The molecule has 0 aromatic heterocycles. The van der Waals surface area contributed by atoms with E-state index in [4.69, 9.17) is 15.5 Å². The number of aryl methyl sites for hydroxylation is 1. The van der Waals surface area contributed by atoms with Gasteiger partial charge < -0.3 is 15.5 Å². The highest BCUT2D eigenvalue weighted by atomic mass is 31.2. The van der Waals surface area contributed by atoms with Crippen LogP contribution in [0, 0.1) is 0 Å². The number of carbonyl (C=O) groups is 1. The summed E-state index contributed by atoms with van der Waals surface area (Å²) >= 11 is 0. The fourth-order valence-electron chi connectivity index (χ4n) is 2.61. The average molecular weight is 371 g/mol. The van der Waals surface area contributed by atoms with Crippen LogP contribution in [0.3, 0.4) is 0 Å². The molecule has 0 bridgehead atoms. The molecule has 0 aliphatic heterocycles. The second kappa shape index (κ2) is 11.6. The van der Waals surface area contributed by atoms with Gasteiger partial charge in [-0.05, 0) is 24.0 Å². The molecule has 1 aromatic rings. The highest BCUT2D eigenvalue weighted by molar-refractivity contribution is 7.46. The molecule has 0 radical (unpaired) electrons. The Morgan fingerprint density at radius 3 is 2.48 bits per heavy atom. The fraction of sp³-hybridized carbons (Fsp3) is 0.611. The van der Waals surface area contributed by atoms with E-state index in [9.17, 15) is 9.36 Å². The molecule has 0 aliphatic carbocycles. The number of Topliss-reactive ketones (excluding diaryl/α,β-unsaturated/α-hetero) is 1. The molecule has 0 amide bonds. The molecule has 1 rings (SSSR count). The first-order valence-electron chi connectivity index (χ1n) is 8.88. The van der Waals surface area contributed by atoms with Crippen molar-refractivity contribution in [3.63, 3.8) is 0 Å². The normalized spacial score (nSPS) is 13.0. The molecule has 1 aromatic carbocycles. The van der Waals surface area contributed by atoms with Gasteiger partial charge in [-0.2, -0.15) is 0 Å². The monoisotopic (exact) mass is 371 g/mol. The summed E-state index contributed by atoms with van der Waals surface area (Å²) in [6.45, 7) is 1.72. The Bertz CT molecular complexity index is 572. The van der Waals surface area contributed by atoms with Crippen LogP contribution >= 0.6 is 7.82 Å². The van der Waals surface area contributed by atoms with Crippen LogP contribution in [0.4, 0.5) is 0 Å². The number of phosphoric ester groups is 1. The molecule has 0 spiro atoms. The van der Waals surface area contributed by atoms with E-state index in [0.29, 0.717) is 0 Å². The Morgan fingerprint density at radius 2 is 1.80 bits per heavy atom. The predicted molar refractivity (Wildman–Crippen MR) is 98.2 cm³/mol. The van der Waals surface area contributed by atoms with E-state index in [0.717, 1.165) is 18.4 Å². The van der Waals surface area contributed by atoms with Crippen molar-refractivity contribution < 1.29 is 23.7 Å². The summed E-state index contributed by atoms with van der Waals surface area (Å²) in [5.41, 5.74) is 7.69. The molecule has 4 N–H and O–H groups in total. The number of phosphoric acid groups is 1. The van der Waals surface area contributed by atoms with Gasteiger partial charge >= 0.3 is 7.82 Å². The molecule has 0 saturated carbocycles. The third-order valence-electron chi connectivity index (χ3n) is 4.02. The topological polar surface area (TPSA) is 110 Å². The third-order valence-corrected chi connectivity index (χ3v) is 4.51. The lowest BCUT2D eigenvalue weighted by Gasteiger charge is -2.12. The lowest BCUT2D eigenvalue weighted by atomic mass is 9.99. The summed E-state index contributed by atoms with van der Waals surface area (Å²) in [6.07, 6.45) is 8.57. The second-order valence-electron chi connectivity index (χ2n) is 6.37. The predicted octanol–water partition coefficient (Wildman–Crippen LogP) is 3.14. The first kappa shape index (κ1) is 22.0. The van der Waals surface area contributed by atoms with Gasteiger partial charge in [0.25, 0.3) is 0 Å². The van der Waals surface area contributed by atoms with E-state index in [-0.39, 0.29) is 12.2 Å². The minimum atomic E-state index is -4.60. The SMILES string of the molecule is CCCCCCCCc1cccc(CC(=O)C(N)COP(=O)(O)O)c1. The molecule has 7 heteroatoms. The van der Waals surface area contributed by atoms with E-state index in [1.807, 2.05) is 18.2 Å². The number of hydrogen-bond acceptors (Lipinski definition) is 4. The molecule has 25 heavy (non-hydrogen) atoms. The van der Waals surface area contributed by atoms with Crippen LogP contribution in [0.15, 0.2) is 24.3 Å². The molecular formula is C18H30NO5P. The van der Waals surface area contributed by atoms with Crippen molar-refractivity contribution in [2.75, 3.05) is 6.61 Å². The van der Waals surface area contributed by atoms with Crippen molar-refractivity contribution in [2.24, 2.45) is 5.73 Å². The van der Waals surface area contributed by atoms with Crippen LogP contribution in [0.25, 0.3) is 0 Å². The minimum Gasteiger partial charge on any atom is -0.320 e. The van der Waals surface area contributed by atoms with Crippen molar-refractivity contribution in [1.82, 2.24) is 0 Å². The maximum Gasteiger partial charge on any atom is 0.469 e. The molecule has 0 saturated heterocycles. The molecule has 0 heterocycles. The van der Waals surface area contributed by atoms with Gasteiger partial charge in [0.1, 0.15) is 0 Å². The van der Waals surface area contributed by atoms with Gasteiger partial charge in [0.05, 0.1) is 12.6 Å². The standard InChI is InChI=1S/C18H30NO5P/c1-2-3-4-5-6-7-9-15-10-8-11-16(12-15)13-18(20)17(19)14-24-25(21,22)23/h8,10-12,17H,2-7,9,13-14,19H2,1H3,(H2,21,22,23). The molecule has 0 fully saturated rings. The zero-order valence-electron chi connectivity index (χ0n) is 14.9. The van der Waals surface area contributed by atoms with Crippen molar-refractivity contribution >= 4 is 13.6 Å². The van der Waals surface area contributed by atoms with Gasteiger partial charge in [0, 0.05) is 6.42 Å². The van der Waals surface area contributed by atoms with Crippen molar-refractivity contribution in [3.05, 3.63) is 35.4 Å². The fourth-order valence-corrected chi connectivity index (χ4v) is 2.96.